The highest BCUT2D eigenvalue weighted by atomic mass is 19.2. The Bertz CT molecular complexity index is 1460. The Hall–Kier alpha value is -4.09. The number of amides is 2. The predicted molar refractivity (Wildman–Crippen MR) is 142 cm³/mol. The van der Waals surface area contributed by atoms with Gasteiger partial charge in [-0.1, -0.05) is 24.3 Å². The zero-order chi connectivity index (χ0) is 27.5. The Morgan fingerprint density at radius 2 is 1.97 bits per heavy atom. The largest absolute Gasteiger partial charge is 0.385 e. The summed E-state index contributed by atoms with van der Waals surface area (Å²) >= 11 is 0. The molecule has 204 valence electrons. The number of nitrogens with one attached hydrogen (secondary N) is 2. The number of hydrogen-bond acceptors (Lipinski definition) is 5. The summed E-state index contributed by atoms with van der Waals surface area (Å²) in [4.78, 5) is 13.4. The van der Waals surface area contributed by atoms with Crippen LogP contribution in [-0.4, -0.2) is 51.5 Å². The molecule has 4 aromatic rings. The van der Waals surface area contributed by atoms with Crippen molar-refractivity contribution in [3.8, 4) is 16.9 Å². The third-order valence-electron chi connectivity index (χ3n) is 6.79. The zero-order valence-electron chi connectivity index (χ0n) is 21.9. The lowest BCUT2D eigenvalue weighted by Gasteiger charge is -2.21. The van der Waals surface area contributed by atoms with Crippen LogP contribution in [0.4, 0.5) is 19.4 Å². The van der Waals surface area contributed by atoms with Crippen molar-refractivity contribution in [3.05, 3.63) is 83.7 Å². The Morgan fingerprint density at radius 1 is 1.18 bits per heavy atom. The van der Waals surface area contributed by atoms with Crippen molar-refractivity contribution in [1.29, 1.82) is 0 Å². The first kappa shape index (κ1) is 26.5. The molecule has 0 unspecified atom stereocenters. The molecule has 1 aliphatic rings. The van der Waals surface area contributed by atoms with Crippen LogP contribution in [0, 0.1) is 18.6 Å². The molecule has 0 bridgehead atoms. The highest BCUT2D eigenvalue weighted by molar-refractivity contribution is 5.91. The van der Waals surface area contributed by atoms with Gasteiger partial charge in [-0.05, 0) is 49.6 Å². The number of ether oxygens (including phenoxy) is 2. The van der Waals surface area contributed by atoms with Crippen LogP contribution in [0.3, 0.4) is 0 Å². The fourth-order valence-electron chi connectivity index (χ4n) is 4.86. The van der Waals surface area contributed by atoms with Crippen LogP contribution in [0.15, 0.2) is 60.9 Å². The molecule has 9 nitrogen and oxygen atoms in total. The maximum atomic E-state index is 14.0. The van der Waals surface area contributed by atoms with E-state index in [1.165, 1.54) is 6.07 Å². The standard InChI is InChI=1S/C28H30F2N6O3/c1-17-25(19-15-31-35(2)16-19)34-36(20-7-5-4-6-8-20)27(17)33-28(37)32-24-14-21(11-12-38-3)39-26(24)18-9-10-22(29)23(30)13-18/h4-10,13,15-16,21,24,26H,11-12,14H2,1-3H3,(H2,32,33,37)/t21-,24-,26+/m0/s1. The molecular weight excluding hydrogens is 506 g/mol. The SMILES string of the molecule is COCC[C@H]1C[C@H](NC(=O)Nc2c(C)c(-c3cnn(C)c3)nn2-c2ccccc2)[C@@H](c2ccc(F)c(F)c2)O1. The van der Waals surface area contributed by atoms with Crippen LogP contribution < -0.4 is 10.6 Å². The number of nitrogens with zero attached hydrogens (tertiary/aromatic N) is 4. The molecule has 0 radical (unpaired) electrons. The number of urea groups is 1. The summed E-state index contributed by atoms with van der Waals surface area (Å²) in [7, 11) is 3.43. The van der Waals surface area contributed by atoms with E-state index in [0.717, 1.165) is 28.9 Å². The molecule has 1 saturated heterocycles. The second-order valence-electron chi connectivity index (χ2n) is 9.55. The van der Waals surface area contributed by atoms with Crippen LogP contribution in [0.1, 0.15) is 30.1 Å². The molecule has 0 saturated carbocycles. The number of hydrogen-bond donors (Lipinski definition) is 2. The molecule has 5 rings (SSSR count). The number of carbonyl (C=O) groups is 1. The highest BCUT2D eigenvalue weighted by Crippen LogP contribution is 2.36. The number of carbonyl (C=O) groups excluding carboxylic acids is 1. The lowest BCUT2D eigenvalue weighted by molar-refractivity contribution is 0.0210. The summed E-state index contributed by atoms with van der Waals surface area (Å²) in [6.45, 7) is 2.36. The minimum Gasteiger partial charge on any atom is -0.385 e. The van der Waals surface area contributed by atoms with Gasteiger partial charge in [0.2, 0.25) is 0 Å². The average molecular weight is 537 g/mol. The van der Waals surface area contributed by atoms with Crippen LogP contribution in [0.5, 0.6) is 0 Å². The Morgan fingerprint density at radius 3 is 2.67 bits per heavy atom. The monoisotopic (exact) mass is 536 g/mol. The second kappa shape index (κ2) is 11.3. The topological polar surface area (TPSA) is 95.2 Å². The minimum absolute atomic E-state index is 0.220. The van der Waals surface area contributed by atoms with Gasteiger partial charge in [0, 0.05) is 38.1 Å². The molecule has 3 heterocycles. The number of benzene rings is 2. The highest BCUT2D eigenvalue weighted by Gasteiger charge is 2.37. The van der Waals surface area contributed by atoms with Crippen molar-refractivity contribution < 1.29 is 23.0 Å². The van der Waals surface area contributed by atoms with Gasteiger partial charge in [0.25, 0.3) is 0 Å². The predicted octanol–water partition coefficient (Wildman–Crippen LogP) is 4.92. The van der Waals surface area contributed by atoms with E-state index < -0.39 is 29.8 Å². The lowest BCUT2D eigenvalue weighted by Crippen LogP contribution is -2.40. The molecular formula is C28H30F2N6O3. The van der Waals surface area contributed by atoms with Crippen molar-refractivity contribution >= 4 is 11.8 Å². The van der Waals surface area contributed by atoms with E-state index in [-0.39, 0.29) is 6.10 Å². The smallest absolute Gasteiger partial charge is 0.320 e. The van der Waals surface area contributed by atoms with Gasteiger partial charge in [0.1, 0.15) is 17.6 Å². The Kier molecular flexibility index (Phi) is 7.71. The molecule has 2 N–H and O–H groups in total. The maximum absolute atomic E-state index is 14.0. The number of para-hydroxylation sites is 1. The number of halogens is 2. The minimum atomic E-state index is -0.968. The maximum Gasteiger partial charge on any atom is 0.320 e. The molecule has 2 aromatic heterocycles. The van der Waals surface area contributed by atoms with Crippen LogP contribution in [0.25, 0.3) is 16.9 Å². The van der Waals surface area contributed by atoms with E-state index >= 15 is 0 Å². The molecule has 1 fully saturated rings. The molecule has 39 heavy (non-hydrogen) atoms. The van der Waals surface area contributed by atoms with E-state index in [4.69, 9.17) is 14.6 Å². The molecule has 2 aromatic carbocycles. The molecule has 1 aliphatic heterocycles. The van der Waals surface area contributed by atoms with E-state index in [1.807, 2.05) is 50.5 Å². The van der Waals surface area contributed by atoms with Gasteiger partial charge >= 0.3 is 6.03 Å². The summed E-state index contributed by atoms with van der Waals surface area (Å²) in [6.07, 6.45) is 3.79. The first-order valence-corrected chi connectivity index (χ1v) is 12.6. The van der Waals surface area contributed by atoms with Gasteiger partial charge in [-0.2, -0.15) is 10.2 Å². The second-order valence-corrected chi connectivity index (χ2v) is 9.55. The average Bonchev–Trinajstić information content (AvgIpc) is 3.62. The van der Waals surface area contributed by atoms with Crippen LogP contribution in [0.2, 0.25) is 0 Å². The fraction of sp³-hybridized carbons (Fsp3) is 0.321. The third-order valence-corrected chi connectivity index (χ3v) is 6.79. The molecule has 0 aliphatic carbocycles. The van der Waals surface area contributed by atoms with Crippen LogP contribution in [-0.2, 0) is 16.5 Å². The quantitative estimate of drug-likeness (QED) is 0.334. The normalized spacial score (nSPS) is 18.8. The summed E-state index contributed by atoms with van der Waals surface area (Å²) in [5.74, 6) is -1.41. The van der Waals surface area contributed by atoms with E-state index in [1.54, 1.807) is 22.7 Å². The summed E-state index contributed by atoms with van der Waals surface area (Å²) < 4.78 is 42.3. The van der Waals surface area contributed by atoms with E-state index in [9.17, 15) is 13.6 Å². The van der Waals surface area contributed by atoms with Crippen LogP contribution >= 0.6 is 0 Å². The summed E-state index contributed by atoms with van der Waals surface area (Å²) in [5, 5.41) is 15.0. The van der Waals surface area contributed by atoms with Crippen molar-refractivity contribution in [1.82, 2.24) is 24.9 Å². The van der Waals surface area contributed by atoms with Crippen molar-refractivity contribution in [2.75, 3.05) is 19.0 Å². The number of anilines is 1. The molecule has 0 spiro atoms. The molecule has 11 heteroatoms. The first-order chi connectivity index (χ1) is 18.8. The van der Waals surface area contributed by atoms with Gasteiger partial charge in [-0.25, -0.2) is 18.3 Å². The molecule has 3 atom stereocenters. The van der Waals surface area contributed by atoms with Gasteiger partial charge in [0.15, 0.2) is 11.6 Å². The Labute approximate surface area is 224 Å². The molecule has 2 amide bonds. The third kappa shape index (κ3) is 5.69. The summed E-state index contributed by atoms with van der Waals surface area (Å²) in [6, 6.07) is 12.2. The summed E-state index contributed by atoms with van der Waals surface area (Å²) in [5.41, 5.74) is 3.49. The fourth-order valence-corrected chi connectivity index (χ4v) is 4.86. The van der Waals surface area contributed by atoms with Crippen molar-refractivity contribution in [2.24, 2.45) is 7.05 Å². The number of methoxy groups -OCH3 is 1. The van der Waals surface area contributed by atoms with E-state index in [0.29, 0.717) is 36.5 Å². The van der Waals surface area contributed by atoms with Gasteiger partial charge in [-0.15, -0.1) is 0 Å². The zero-order valence-corrected chi connectivity index (χ0v) is 21.9. The van der Waals surface area contributed by atoms with Crippen molar-refractivity contribution in [3.63, 3.8) is 0 Å². The van der Waals surface area contributed by atoms with Gasteiger partial charge in [0.05, 0.1) is 24.0 Å². The Balaban J connectivity index is 1.42. The number of aryl methyl sites for hydroxylation is 1. The lowest BCUT2D eigenvalue weighted by atomic mass is 10.0. The van der Waals surface area contributed by atoms with E-state index in [2.05, 4.69) is 15.7 Å². The van der Waals surface area contributed by atoms with Crippen molar-refractivity contribution in [2.45, 2.75) is 38.0 Å². The van der Waals surface area contributed by atoms with Gasteiger partial charge in [-0.3, -0.25) is 10.00 Å². The van der Waals surface area contributed by atoms with Gasteiger partial charge < -0.3 is 14.8 Å². The first-order valence-electron chi connectivity index (χ1n) is 12.6. The number of aromatic nitrogens is 4. The number of rotatable bonds is 8.